The van der Waals surface area contributed by atoms with Crippen LogP contribution in [0.4, 0.5) is 10.5 Å². The van der Waals surface area contributed by atoms with E-state index in [-0.39, 0.29) is 6.03 Å². The molecule has 0 atom stereocenters. The van der Waals surface area contributed by atoms with Crippen LogP contribution in [0.3, 0.4) is 0 Å². The highest BCUT2D eigenvalue weighted by Gasteiger charge is 1.94. The predicted molar refractivity (Wildman–Crippen MR) is 74.7 cm³/mol. The summed E-state index contributed by atoms with van der Waals surface area (Å²) in [5.74, 6) is 5.90. The van der Waals surface area contributed by atoms with Crippen molar-refractivity contribution in [1.29, 1.82) is 0 Å². The largest absolute Gasteiger partial charge is 0.378 e. The molecule has 2 N–H and O–H groups in total. The van der Waals surface area contributed by atoms with Crippen LogP contribution >= 0.6 is 0 Å². The van der Waals surface area contributed by atoms with E-state index < -0.39 is 0 Å². The van der Waals surface area contributed by atoms with E-state index in [4.69, 9.17) is 0 Å². The van der Waals surface area contributed by atoms with Gasteiger partial charge in [0.1, 0.15) is 0 Å². The van der Waals surface area contributed by atoms with Gasteiger partial charge in [-0.2, -0.15) is 0 Å². The Bertz CT molecular complexity index is 440. The highest BCUT2D eigenvalue weighted by atomic mass is 16.2. The average molecular weight is 245 g/mol. The summed E-state index contributed by atoms with van der Waals surface area (Å²) in [6.45, 7) is 2.84. The SMILES string of the molecule is CCNC(=O)NCC#Cc1ccc(N(C)C)cc1. The Kier molecular flexibility index (Phi) is 5.59. The normalized spacial score (nSPS) is 9.06. The lowest BCUT2D eigenvalue weighted by atomic mass is 10.2. The third-order valence-electron chi connectivity index (χ3n) is 2.29. The fourth-order valence-electron chi connectivity index (χ4n) is 1.34. The maximum Gasteiger partial charge on any atom is 0.315 e. The Labute approximate surface area is 108 Å². The molecule has 0 aliphatic carbocycles. The zero-order chi connectivity index (χ0) is 13.4. The predicted octanol–water partition coefficient (Wildman–Crippen LogP) is 1.42. The molecule has 0 aromatic heterocycles. The van der Waals surface area contributed by atoms with Crippen molar-refractivity contribution in [3.05, 3.63) is 29.8 Å². The minimum absolute atomic E-state index is 0.185. The molecule has 1 rings (SSSR count). The van der Waals surface area contributed by atoms with Crippen LogP contribution in [-0.4, -0.2) is 33.2 Å². The van der Waals surface area contributed by atoms with E-state index in [1.165, 1.54) is 0 Å². The summed E-state index contributed by atoms with van der Waals surface area (Å²) in [6, 6.07) is 7.78. The maximum atomic E-state index is 11.1. The van der Waals surface area contributed by atoms with Gasteiger partial charge in [-0.15, -0.1) is 0 Å². The van der Waals surface area contributed by atoms with Crippen LogP contribution in [0.2, 0.25) is 0 Å². The molecule has 18 heavy (non-hydrogen) atoms. The van der Waals surface area contributed by atoms with Crippen molar-refractivity contribution in [3.63, 3.8) is 0 Å². The molecule has 2 amide bonds. The van der Waals surface area contributed by atoms with E-state index in [1.54, 1.807) is 0 Å². The maximum absolute atomic E-state index is 11.1. The molecule has 0 radical (unpaired) electrons. The summed E-state index contributed by atoms with van der Waals surface area (Å²) in [6.07, 6.45) is 0. The van der Waals surface area contributed by atoms with Crippen LogP contribution in [0.1, 0.15) is 12.5 Å². The Morgan fingerprint density at radius 1 is 1.22 bits per heavy atom. The van der Waals surface area contributed by atoms with Gasteiger partial charge in [0.25, 0.3) is 0 Å². The number of hydrogen-bond acceptors (Lipinski definition) is 2. The summed E-state index contributed by atoms with van der Waals surface area (Å²) in [5, 5.41) is 5.29. The van der Waals surface area contributed by atoms with E-state index in [1.807, 2.05) is 50.2 Å². The van der Waals surface area contributed by atoms with Gasteiger partial charge in [0.15, 0.2) is 0 Å². The molecule has 0 aliphatic heterocycles. The van der Waals surface area contributed by atoms with Gasteiger partial charge in [-0.1, -0.05) is 11.8 Å². The molecular formula is C14H19N3O. The Hall–Kier alpha value is -2.15. The lowest BCUT2D eigenvalue weighted by molar-refractivity contribution is 0.242. The average Bonchev–Trinajstić information content (AvgIpc) is 2.35. The molecule has 96 valence electrons. The second kappa shape index (κ2) is 7.23. The number of rotatable bonds is 3. The third-order valence-corrected chi connectivity index (χ3v) is 2.29. The Morgan fingerprint density at radius 3 is 2.44 bits per heavy atom. The van der Waals surface area contributed by atoms with Gasteiger partial charge in [0.05, 0.1) is 6.54 Å². The lowest BCUT2D eigenvalue weighted by Gasteiger charge is -2.11. The summed E-state index contributed by atoms with van der Waals surface area (Å²) >= 11 is 0. The van der Waals surface area contributed by atoms with Crippen molar-refractivity contribution < 1.29 is 4.79 Å². The number of benzene rings is 1. The Balaban J connectivity index is 2.45. The first kappa shape index (κ1) is 13.9. The number of carbonyl (C=O) groups is 1. The molecule has 0 aliphatic rings. The molecule has 0 saturated carbocycles. The van der Waals surface area contributed by atoms with Crippen LogP contribution < -0.4 is 15.5 Å². The first-order chi connectivity index (χ1) is 8.63. The van der Waals surface area contributed by atoms with Crippen molar-refractivity contribution in [2.45, 2.75) is 6.92 Å². The first-order valence-corrected chi connectivity index (χ1v) is 5.91. The van der Waals surface area contributed by atoms with Gasteiger partial charge in [0.2, 0.25) is 0 Å². The number of amides is 2. The molecule has 0 saturated heterocycles. The number of hydrogen-bond donors (Lipinski definition) is 2. The smallest absolute Gasteiger partial charge is 0.315 e. The zero-order valence-electron chi connectivity index (χ0n) is 11.1. The molecule has 4 nitrogen and oxygen atoms in total. The van der Waals surface area contributed by atoms with Crippen LogP contribution in [0, 0.1) is 11.8 Å². The molecule has 1 aromatic rings. The van der Waals surface area contributed by atoms with E-state index in [0.717, 1.165) is 11.3 Å². The number of nitrogens with one attached hydrogen (secondary N) is 2. The third kappa shape index (κ3) is 4.79. The van der Waals surface area contributed by atoms with Gasteiger partial charge in [-0.25, -0.2) is 4.79 Å². The van der Waals surface area contributed by atoms with Gasteiger partial charge in [0, 0.05) is 31.9 Å². The number of urea groups is 1. The molecule has 4 heteroatoms. The fourth-order valence-corrected chi connectivity index (χ4v) is 1.34. The first-order valence-electron chi connectivity index (χ1n) is 5.91. The molecule has 0 fully saturated rings. The lowest BCUT2D eigenvalue weighted by Crippen LogP contribution is -2.35. The van der Waals surface area contributed by atoms with E-state index in [2.05, 4.69) is 22.5 Å². The van der Waals surface area contributed by atoms with Gasteiger partial charge >= 0.3 is 6.03 Å². The molecule has 0 heterocycles. The van der Waals surface area contributed by atoms with E-state index >= 15 is 0 Å². The second-order valence-electron chi connectivity index (χ2n) is 3.96. The van der Waals surface area contributed by atoms with E-state index in [9.17, 15) is 4.79 Å². The molecule has 0 bridgehead atoms. The summed E-state index contributed by atoms with van der Waals surface area (Å²) < 4.78 is 0. The zero-order valence-corrected chi connectivity index (χ0v) is 11.1. The van der Waals surface area contributed by atoms with Crippen LogP contribution in [0.25, 0.3) is 0 Å². The van der Waals surface area contributed by atoms with Crippen molar-refractivity contribution in [2.75, 3.05) is 32.1 Å². The van der Waals surface area contributed by atoms with E-state index in [0.29, 0.717) is 13.1 Å². The van der Waals surface area contributed by atoms with Gasteiger partial charge < -0.3 is 15.5 Å². The summed E-state index contributed by atoms with van der Waals surface area (Å²) in [7, 11) is 3.99. The number of carbonyl (C=O) groups excluding carboxylic acids is 1. The fraction of sp³-hybridized carbons (Fsp3) is 0.357. The van der Waals surface area contributed by atoms with Crippen LogP contribution in [-0.2, 0) is 0 Å². The second-order valence-corrected chi connectivity index (χ2v) is 3.96. The summed E-state index contributed by atoms with van der Waals surface area (Å²) in [5.41, 5.74) is 2.08. The topological polar surface area (TPSA) is 44.4 Å². The molecule has 0 unspecified atom stereocenters. The molecule has 0 spiro atoms. The van der Waals surface area contributed by atoms with Crippen molar-refractivity contribution in [1.82, 2.24) is 10.6 Å². The highest BCUT2D eigenvalue weighted by Crippen LogP contribution is 2.11. The molecule has 1 aromatic carbocycles. The van der Waals surface area contributed by atoms with Crippen molar-refractivity contribution in [3.8, 4) is 11.8 Å². The van der Waals surface area contributed by atoms with Gasteiger partial charge in [-0.05, 0) is 31.2 Å². The summed E-state index contributed by atoms with van der Waals surface area (Å²) in [4.78, 5) is 13.1. The van der Waals surface area contributed by atoms with Crippen molar-refractivity contribution >= 4 is 11.7 Å². The van der Waals surface area contributed by atoms with Gasteiger partial charge in [-0.3, -0.25) is 0 Å². The monoisotopic (exact) mass is 245 g/mol. The minimum atomic E-state index is -0.185. The van der Waals surface area contributed by atoms with Crippen molar-refractivity contribution in [2.24, 2.45) is 0 Å². The number of nitrogens with zero attached hydrogens (tertiary/aromatic N) is 1. The number of anilines is 1. The minimum Gasteiger partial charge on any atom is -0.378 e. The quantitative estimate of drug-likeness (QED) is 0.791. The standard InChI is InChI=1S/C14H19N3O/c1-4-15-14(18)16-11-5-6-12-7-9-13(10-8-12)17(2)3/h7-10H,4,11H2,1-3H3,(H2,15,16,18). The molecular weight excluding hydrogens is 226 g/mol. The van der Waals surface area contributed by atoms with Crippen LogP contribution in [0.5, 0.6) is 0 Å². The highest BCUT2D eigenvalue weighted by molar-refractivity contribution is 5.74. The van der Waals surface area contributed by atoms with Crippen LogP contribution in [0.15, 0.2) is 24.3 Å². The Morgan fingerprint density at radius 2 is 1.89 bits per heavy atom.